The number of aromatic nitrogens is 4. The zero-order valence-electron chi connectivity index (χ0n) is 12.3. The van der Waals surface area contributed by atoms with Crippen molar-refractivity contribution >= 4 is 10.9 Å². The van der Waals surface area contributed by atoms with Gasteiger partial charge in [-0.3, -0.25) is 9.78 Å². The summed E-state index contributed by atoms with van der Waals surface area (Å²) in [6.45, 7) is 0. The largest absolute Gasteiger partial charge is 0.350 e. The van der Waals surface area contributed by atoms with Gasteiger partial charge in [0.25, 0.3) is 5.89 Å². The fourth-order valence-corrected chi connectivity index (χ4v) is 2.54. The van der Waals surface area contributed by atoms with Gasteiger partial charge in [0.2, 0.25) is 11.3 Å². The van der Waals surface area contributed by atoms with Crippen LogP contribution in [0.25, 0.3) is 33.7 Å². The van der Waals surface area contributed by atoms with Crippen LogP contribution in [-0.4, -0.2) is 19.7 Å². The van der Waals surface area contributed by atoms with Crippen LogP contribution in [0, 0.1) is 0 Å². The number of hydrogen-bond acceptors (Lipinski definition) is 5. The van der Waals surface area contributed by atoms with Gasteiger partial charge < -0.3 is 9.09 Å². The van der Waals surface area contributed by atoms with E-state index in [0.29, 0.717) is 16.8 Å². The summed E-state index contributed by atoms with van der Waals surface area (Å²) < 4.78 is 7.17. The van der Waals surface area contributed by atoms with Crippen molar-refractivity contribution in [2.45, 2.75) is 0 Å². The molecule has 23 heavy (non-hydrogen) atoms. The summed E-state index contributed by atoms with van der Waals surface area (Å²) in [4.78, 5) is 21.0. The van der Waals surface area contributed by atoms with Crippen molar-refractivity contribution in [3.05, 3.63) is 65.2 Å². The van der Waals surface area contributed by atoms with Crippen LogP contribution in [0.15, 0.2) is 64.3 Å². The van der Waals surface area contributed by atoms with Crippen LogP contribution < -0.4 is 5.43 Å². The van der Waals surface area contributed by atoms with E-state index in [-0.39, 0.29) is 11.3 Å². The SMILES string of the molecule is Cn1cc(-c2nc(-c3ccncc3)no2)c(=O)c2ccccc21. The lowest BCUT2D eigenvalue weighted by molar-refractivity contribution is 0.432. The van der Waals surface area contributed by atoms with Crippen molar-refractivity contribution in [1.29, 1.82) is 0 Å². The minimum Gasteiger partial charge on any atom is -0.350 e. The van der Waals surface area contributed by atoms with Gasteiger partial charge in [0.15, 0.2) is 0 Å². The summed E-state index contributed by atoms with van der Waals surface area (Å²) in [6, 6.07) is 11.0. The number of nitrogens with zero attached hydrogens (tertiary/aromatic N) is 4. The molecule has 4 aromatic rings. The van der Waals surface area contributed by atoms with Crippen LogP contribution in [0.1, 0.15) is 0 Å². The molecule has 0 aliphatic heterocycles. The minimum atomic E-state index is -0.122. The molecule has 6 nitrogen and oxygen atoms in total. The second-order valence-electron chi connectivity index (χ2n) is 5.16. The van der Waals surface area contributed by atoms with Gasteiger partial charge in [-0.25, -0.2) is 0 Å². The summed E-state index contributed by atoms with van der Waals surface area (Å²) in [5, 5.41) is 4.57. The van der Waals surface area contributed by atoms with Crippen molar-refractivity contribution in [3.63, 3.8) is 0 Å². The van der Waals surface area contributed by atoms with Crippen molar-refractivity contribution in [1.82, 2.24) is 19.7 Å². The standard InChI is InChI=1S/C17H12N4O2/c1-21-10-13(15(22)12-4-2-3-5-14(12)21)17-19-16(20-23-17)11-6-8-18-9-7-11/h2-10H,1H3. The first-order chi connectivity index (χ1) is 11.2. The molecule has 3 heterocycles. The maximum absolute atomic E-state index is 12.7. The fourth-order valence-electron chi connectivity index (χ4n) is 2.54. The molecule has 0 aliphatic rings. The van der Waals surface area contributed by atoms with E-state index in [1.807, 2.05) is 29.8 Å². The van der Waals surface area contributed by atoms with E-state index in [0.717, 1.165) is 11.1 Å². The van der Waals surface area contributed by atoms with E-state index >= 15 is 0 Å². The third-order valence-electron chi connectivity index (χ3n) is 3.69. The van der Waals surface area contributed by atoms with Crippen molar-refractivity contribution in [3.8, 4) is 22.8 Å². The van der Waals surface area contributed by atoms with Gasteiger partial charge in [0.05, 0.1) is 5.52 Å². The Morgan fingerprint density at radius 3 is 2.70 bits per heavy atom. The second kappa shape index (κ2) is 5.17. The van der Waals surface area contributed by atoms with Crippen LogP contribution in [0.4, 0.5) is 0 Å². The van der Waals surface area contributed by atoms with Crippen molar-refractivity contribution in [2.75, 3.05) is 0 Å². The van der Waals surface area contributed by atoms with Gasteiger partial charge in [-0.2, -0.15) is 4.98 Å². The Kier molecular flexibility index (Phi) is 3.01. The average molecular weight is 304 g/mol. The van der Waals surface area contributed by atoms with E-state index in [9.17, 15) is 4.79 Å². The van der Waals surface area contributed by atoms with Gasteiger partial charge >= 0.3 is 0 Å². The number of benzene rings is 1. The number of fused-ring (bicyclic) bond motifs is 1. The zero-order chi connectivity index (χ0) is 15.8. The molecule has 0 radical (unpaired) electrons. The fraction of sp³-hybridized carbons (Fsp3) is 0.0588. The van der Waals surface area contributed by atoms with E-state index in [1.54, 1.807) is 36.8 Å². The number of pyridine rings is 2. The topological polar surface area (TPSA) is 73.8 Å². The van der Waals surface area contributed by atoms with E-state index < -0.39 is 0 Å². The first-order valence-corrected chi connectivity index (χ1v) is 7.07. The first kappa shape index (κ1) is 13.4. The maximum atomic E-state index is 12.7. The van der Waals surface area contributed by atoms with Crippen LogP contribution in [0.2, 0.25) is 0 Å². The highest BCUT2D eigenvalue weighted by Gasteiger charge is 2.16. The Bertz CT molecular complexity index is 1050. The lowest BCUT2D eigenvalue weighted by Crippen LogP contribution is -2.10. The Morgan fingerprint density at radius 2 is 1.87 bits per heavy atom. The average Bonchev–Trinajstić information content (AvgIpc) is 3.09. The summed E-state index contributed by atoms with van der Waals surface area (Å²) in [6.07, 6.45) is 5.02. The molecule has 6 heteroatoms. The Labute approximate surface area is 131 Å². The normalized spacial score (nSPS) is 11.0. The lowest BCUT2D eigenvalue weighted by Gasteiger charge is -2.06. The van der Waals surface area contributed by atoms with Gasteiger partial charge in [-0.15, -0.1) is 0 Å². The molecule has 0 spiro atoms. The predicted molar refractivity (Wildman–Crippen MR) is 85.7 cm³/mol. The molecule has 1 aromatic carbocycles. The van der Waals surface area contributed by atoms with Crippen molar-refractivity contribution in [2.24, 2.45) is 7.05 Å². The smallest absolute Gasteiger partial charge is 0.263 e. The molecule has 0 fully saturated rings. The molecule has 0 unspecified atom stereocenters. The van der Waals surface area contributed by atoms with Crippen molar-refractivity contribution < 1.29 is 4.52 Å². The lowest BCUT2D eigenvalue weighted by atomic mass is 10.1. The molecule has 3 aromatic heterocycles. The maximum Gasteiger partial charge on any atom is 0.263 e. The molecule has 0 N–H and O–H groups in total. The highest BCUT2D eigenvalue weighted by molar-refractivity contribution is 5.82. The number of para-hydroxylation sites is 1. The molecular weight excluding hydrogens is 292 g/mol. The molecule has 0 aliphatic carbocycles. The Morgan fingerprint density at radius 1 is 1.09 bits per heavy atom. The number of rotatable bonds is 2. The Balaban J connectivity index is 1.89. The molecule has 0 saturated carbocycles. The van der Waals surface area contributed by atoms with Crippen LogP contribution in [0.5, 0.6) is 0 Å². The third kappa shape index (κ3) is 2.20. The second-order valence-corrected chi connectivity index (χ2v) is 5.16. The minimum absolute atomic E-state index is 0.122. The summed E-state index contributed by atoms with van der Waals surface area (Å²) in [5.74, 6) is 0.640. The molecule has 4 rings (SSSR count). The molecule has 0 atom stereocenters. The zero-order valence-corrected chi connectivity index (χ0v) is 12.3. The van der Waals surface area contributed by atoms with Crippen LogP contribution in [-0.2, 0) is 7.05 Å². The van der Waals surface area contributed by atoms with Crippen LogP contribution >= 0.6 is 0 Å². The predicted octanol–water partition coefficient (Wildman–Crippen LogP) is 2.65. The van der Waals surface area contributed by atoms with Gasteiger partial charge in [0.1, 0.15) is 5.56 Å². The monoisotopic (exact) mass is 304 g/mol. The summed E-state index contributed by atoms with van der Waals surface area (Å²) in [7, 11) is 1.88. The van der Waals surface area contributed by atoms with E-state index in [4.69, 9.17) is 4.52 Å². The van der Waals surface area contributed by atoms with Gasteiger partial charge in [-0.05, 0) is 24.3 Å². The van der Waals surface area contributed by atoms with Gasteiger partial charge in [-0.1, -0.05) is 17.3 Å². The summed E-state index contributed by atoms with van der Waals surface area (Å²) >= 11 is 0. The van der Waals surface area contributed by atoms with Gasteiger partial charge in [0, 0.05) is 36.6 Å². The molecule has 0 bridgehead atoms. The number of hydrogen-bond donors (Lipinski definition) is 0. The quantitative estimate of drug-likeness (QED) is 0.569. The summed E-state index contributed by atoms with van der Waals surface area (Å²) in [5.41, 5.74) is 1.91. The van der Waals surface area contributed by atoms with Crippen LogP contribution in [0.3, 0.4) is 0 Å². The number of aryl methyl sites for hydroxylation is 1. The molecular formula is C17H12N4O2. The highest BCUT2D eigenvalue weighted by atomic mass is 16.5. The molecule has 0 saturated heterocycles. The molecule has 0 amide bonds. The Hall–Kier alpha value is -3.28. The van der Waals surface area contributed by atoms with E-state index in [2.05, 4.69) is 15.1 Å². The molecule has 112 valence electrons. The third-order valence-corrected chi connectivity index (χ3v) is 3.69. The highest BCUT2D eigenvalue weighted by Crippen LogP contribution is 2.21. The van der Waals surface area contributed by atoms with E-state index in [1.165, 1.54) is 0 Å². The first-order valence-electron chi connectivity index (χ1n) is 7.07.